The largest absolute Gasteiger partial charge is 0.573 e. The van der Waals surface area contributed by atoms with Gasteiger partial charge in [0.1, 0.15) is 5.75 Å². The number of carbonyl (C=O) groups is 1. The molecule has 1 aromatic heterocycles. The van der Waals surface area contributed by atoms with Crippen molar-refractivity contribution in [2.45, 2.75) is 6.36 Å². The minimum Gasteiger partial charge on any atom is -0.406 e. The molecule has 8 nitrogen and oxygen atoms in total. The summed E-state index contributed by atoms with van der Waals surface area (Å²) in [5.74, 6) is -0.324. The van der Waals surface area contributed by atoms with Gasteiger partial charge < -0.3 is 19.5 Å². The fraction of sp³-hybridized carbons (Fsp3) is 0.556. The molecule has 0 atom stereocenters. The van der Waals surface area contributed by atoms with Crippen LogP contribution in [0.3, 0.4) is 0 Å². The Labute approximate surface area is 187 Å². The molecule has 0 aliphatic carbocycles. The number of anilines is 1. The minimum absolute atomic E-state index is 0. The molecule has 1 fully saturated rings. The first-order valence-corrected chi connectivity index (χ1v) is 10.2. The molecule has 1 saturated heterocycles. The lowest BCUT2D eigenvalue weighted by Gasteiger charge is -2.29. The van der Waals surface area contributed by atoms with E-state index < -0.39 is 6.36 Å². The Morgan fingerprint density at radius 1 is 1.35 bits per heavy atom. The summed E-state index contributed by atoms with van der Waals surface area (Å²) < 4.78 is 52.2. The number of methoxy groups -OCH3 is 1. The lowest BCUT2D eigenvalue weighted by atomic mass is 10.3. The number of nitrogens with one attached hydrogen (secondary N) is 1. The summed E-state index contributed by atoms with van der Waals surface area (Å²) in [6, 6.07) is 3.58. The Hall–Kier alpha value is -1.86. The van der Waals surface area contributed by atoms with E-state index in [9.17, 15) is 18.0 Å². The molecule has 0 spiro atoms. The number of hydrogen-bond donors (Lipinski definition) is 1. The molecule has 0 saturated carbocycles. The molecule has 1 aliphatic rings. The Kier molecular flexibility index (Phi) is 9.56. The number of aromatic nitrogens is 1. The number of amides is 2. The fourth-order valence-corrected chi connectivity index (χ4v) is 3.93. The summed E-state index contributed by atoms with van der Waals surface area (Å²) in [5, 5.41) is 3.17. The molecule has 0 bridgehead atoms. The van der Waals surface area contributed by atoms with Crippen LogP contribution in [0.4, 0.5) is 23.1 Å². The Bertz CT molecular complexity index is 849. The van der Waals surface area contributed by atoms with Crippen molar-refractivity contribution in [3.05, 3.63) is 18.2 Å². The molecule has 13 heteroatoms. The van der Waals surface area contributed by atoms with Gasteiger partial charge in [0.2, 0.25) is 0 Å². The van der Waals surface area contributed by atoms with Gasteiger partial charge in [0.25, 0.3) is 0 Å². The third-order valence-corrected chi connectivity index (χ3v) is 5.43. The zero-order valence-corrected chi connectivity index (χ0v) is 18.4. The molecule has 2 amide bonds. The third-order valence-electron chi connectivity index (χ3n) is 4.38. The number of nitrogens with zero attached hydrogens (tertiary/aromatic N) is 3. The van der Waals surface area contributed by atoms with Gasteiger partial charge in [-0.25, -0.2) is 9.78 Å². The average molecular weight is 485 g/mol. The van der Waals surface area contributed by atoms with Crippen LogP contribution in [0.1, 0.15) is 0 Å². The molecule has 1 aliphatic heterocycles. The highest BCUT2D eigenvalue weighted by Gasteiger charge is 2.31. The van der Waals surface area contributed by atoms with Gasteiger partial charge in [0, 0.05) is 45.9 Å². The summed E-state index contributed by atoms with van der Waals surface area (Å²) >= 11 is 1.13. The zero-order chi connectivity index (χ0) is 21.6. The van der Waals surface area contributed by atoms with E-state index in [4.69, 9.17) is 9.47 Å². The predicted molar refractivity (Wildman–Crippen MR) is 113 cm³/mol. The van der Waals surface area contributed by atoms with E-state index in [1.807, 2.05) is 0 Å². The predicted octanol–water partition coefficient (Wildman–Crippen LogP) is 3.11. The molecular formula is C18H24ClF3N4O4S. The van der Waals surface area contributed by atoms with E-state index in [0.29, 0.717) is 54.8 Å². The monoisotopic (exact) mass is 484 g/mol. The zero-order valence-electron chi connectivity index (χ0n) is 16.8. The number of alkyl halides is 3. The number of ether oxygens (including phenoxy) is 3. The highest BCUT2D eigenvalue weighted by atomic mass is 35.5. The van der Waals surface area contributed by atoms with Gasteiger partial charge in [-0.15, -0.1) is 25.6 Å². The summed E-state index contributed by atoms with van der Waals surface area (Å²) in [6.07, 6.45) is -4.77. The Morgan fingerprint density at radius 3 is 2.77 bits per heavy atom. The van der Waals surface area contributed by atoms with Gasteiger partial charge in [0.15, 0.2) is 5.13 Å². The maximum Gasteiger partial charge on any atom is 0.573 e. The van der Waals surface area contributed by atoms with Crippen molar-refractivity contribution in [3.63, 3.8) is 0 Å². The summed E-state index contributed by atoms with van der Waals surface area (Å²) in [5.41, 5.74) is 0.491. The first-order valence-electron chi connectivity index (χ1n) is 9.36. The van der Waals surface area contributed by atoms with Crippen LogP contribution in [0.15, 0.2) is 18.2 Å². The van der Waals surface area contributed by atoms with Crippen LogP contribution in [0, 0.1) is 0 Å². The van der Waals surface area contributed by atoms with E-state index >= 15 is 0 Å². The quantitative estimate of drug-likeness (QED) is 0.580. The molecule has 0 radical (unpaired) electrons. The number of thiazole rings is 1. The number of fused-ring (bicyclic) bond motifs is 1. The van der Waals surface area contributed by atoms with Crippen LogP contribution in [-0.2, 0) is 9.47 Å². The number of morpholine rings is 1. The first-order chi connectivity index (χ1) is 14.4. The number of urea groups is 1. The Morgan fingerprint density at radius 2 is 2.10 bits per heavy atom. The van der Waals surface area contributed by atoms with Crippen molar-refractivity contribution in [1.29, 1.82) is 0 Å². The van der Waals surface area contributed by atoms with E-state index in [1.54, 1.807) is 0 Å². The van der Waals surface area contributed by atoms with Crippen molar-refractivity contribution in [2.24, 2.45) is 0 Å². The highest BCUT2D eigenvalue weighted by Crippen LogP contribution is 2.33. The normalized spacial score (nSPS) is 14.8. The highest BCUT2D eigenvalue weighted by molar-refractivity contribution is 7.22. The molecule has 1 N–H and O–H groups in total. The van der Waals surface area contributed by atoms with E-state index in [-0.39, 0.29) is 24.2 Å². The van der Waals surface area contributed by atoms with Crippen LogP contribution in [0.25, 0.3) is 10.2 Å². The fourth-order valence-electron chi connectivity index (χ4n) is 2.91. The first kappa shape index (κ1) is 25.4. The molecule has 2 aromatic rings. The molecule has 3 rings (SSSR count). The SMILES string of the molecule is COCCNC(=O)N(CCN1CCOCC1)c1nc2ccc(OC(F)(F)F)cc2s1.Cl. The number of carbonyl (C=O) groups excluding carboxylic acids is 1. The number of halogens is 4. The standard InChI is InChI=1S/C18H23F3N4O4S.ClH/c1-27-9-4-22-16(26)25(6-5-24-7-10-28-11-8-24)17-23-14-3-2-13(12-15(14)30-17)29-18(19,20)21;/h2-3,12H,4-11H2,1H3,(H,22,26);1H. The van der Waals surface area contributed by atoms with Gasteiger partial charge >= 0.3 is 12.4 Å². The lowest BCUT2D eigenvalue weighted by Crippen LogP contribution is -2.47. The topological polar surface area (TPSA) is 76.2 Å². The molecule has 31 heavy (non-hydrogen) atoms. The molecule has 1 aromatic carbocycles. The van der Waals surface area contributed by atoms with Crippen molar-refractivity contribution >= 4 is 45.1 Å². The van der Waals surface area contributed by atoms with Crippen LogP contribution in [0.5, 0.6) is 5.75 Å². The summed E-state index contributed by atoms with van der Waals surface area (Å²) in [7, 11) is 1.54. The van der Waals surface area contributed by atoms with Crippen molar-refractivity contribution < 1.29 is 32.2 Å². The van der Waals surface area contributed by atoms with Crippen molar-refractivity contribution in [3.8, 4) is 5.75 Å². The summed E-state index contributed by atoms with van der Waals surface area (Å²) in [6.45, 7) is 4.53. The second-order valence-corrected chi connectivity index (χ2v) is 7.51. The van der Waals surface area contributed by atoms with Crippen LogP contribution < -0.4 is 15.0 Å². The number of rotatable bonds is 8. The van der Waals surface area contributed by atoms with Gasteiger partial charge in [-0.1, -0.05) is 11.3 Å². The Balaban J connectivity index is 0.00000341. The van der Waals surface area contributed by atoms with E-state index in [0.717, 1.165) is 24.4 Å². The van der Waals surface area contributed by atoms with Gasteiger partial charge in [-0.3, -0.25) is 9.80 Å². The average Bonchev–Trinajstić information content (AvgIpc) is 3.11. The number of benzene rings is 1. The van der Waals surface area contributed by atoms with Crippen LogP contribution in [0.2, 0.25) is 0 Å². The second-order valence-electron chi connectivity index (χ2n) is 6.50. The molecule has 2 heterocycles. The van der Waals surface area contributed by atoms with Gasteiger partial charge in [-0.2, -0.15) is 0 Å². The van der Waals surface area contributed by atoms with Gasteiger partial charge in [-0.05, 0) is 12.1 Å². The molecular weight excluding hydrogens is 461 g/mol. The number of hydrogen-bond acceptors (Lipinski definition) is 7. The lowest BCUT2D eigenvalue weighted by molar-refractivity contribution is -0.274. The maximum atomic E-state index is 12.7. The van der Waals surface area contributed by atoms with Crippen molar-refractivity contribution in [2.75, 3.05) is 64.6 Å². The van der Waals surface area contributed by atoms with Crippen LogP contribution in [-0.4, -0.2) is 81.9 Å². The molecule has 174 valence electrons. The smallest absolute Gasteiger partial charge is 0.406 e. The third kappa shape index (κ3) is 7.65. The van der Waals surface area contributed by atoms with Crippen molar-refractivity contribution in [1.82, 2.24) is 15.2 Å². The van der Waals surface area contributed by atoms with Crippen LogP contribution >= 0.6 is 23.7 Å². The van der Waals surface area contributed by atoms with Gasteiger partial charge in [0.05, 0.1) is 30.0 Å². The second kappa shape index (κ2) is 11.7. The molecule has 0 unspecified atom stereocenters. The van der Waals surface area contributed by atoms with E-state index in [1.165, 1.54) is 30.2 Å². The minimum atomic E-state index is -4.77. The summed E-state index contributed by atoms with van der Waals surface area (Å²) in [4.78, 5) is 20.9. The van der Waals surface area contributed by atoms with E-state index in [2.05, 4.69) is 19.9 Å². The maximum absolute atomic E-state index is 12.7.